The minimum Gasteiger partial charge on any atom is -0.372 e. The van der Waals surface area contributed by atoms with Gasteiger partial charge in [-0.3, -0.25) is 0 Å². The second-order valence-electron chi connectivity index (χ2n) is 4.97. The molecule has 2 aromatic rings. The molecule has 18 heavy (non-hydrogen) atoms. The maximum atomic E-state index is 5.28. The molecule has 1 N–H and O–H groups in total. The zero-order valence-electron chi connectivity index (χ0n) is 10.1. The SMILES string of the molecule is c1ccc2c(c1)-c1ccccc1C2NCC1CO1. The molecule has 0 radical (unpaired) electrons. The lowest BCUT2D eigenvalue weighted by Crippen LogP contribution is -2.24. The van der Waals surface area contributed by atoms with Crippen molar-refractivity contribution in [3.05, 3.63) is 59.7 Å². The summed E-state index contributed by atoms with van der Waals surface area (Å²) in [4.78, 5) is 0. The third-order valence-corrected chi connectivity index (χ3v) is 3.79. The highest BCUT2D eigenvalue weighted by Gasteiger charge is 2.30. The molecule has 2 heteroatoms. The summed E-state index contributed by atoms with van der Waals surface area (Å²) >= 11 is 0. The summed E-state index contributed by atoms with van der Waals surface area (Å²) < 4.78 is 5.28. The first-order valence-electron chi connectivity index (χ1n) is 6.47. The molecule has 1 aliphatic heterocycles. The number of hydrogen-bond donors (Lipinski definition) is 1. The van der Waals surface area contributed by atoms with Crippen LogP contribution in [0, 0.1) is 0 Å². The highest BCUT2D eigenvalue weighted by Crippen LogP contribution is 2.42. The number of ether oxygens (including phenoxy) is 1. The first-order valence-corrected chi connectivity index (χ1v) is 6.47. The van der Waals surface area contributed by atoms with E-state index in [-0.39, 0.29) is 0 Å². The summed E-state index contributed by atoms with van der Waals surface area (Å²) in [7, 11) is 0. The molecule has 0 aromatic heterocycles. The van der Waals surface area contributed by atoms with Crippen molar-refractivity contribution in [1.82, 2.24) is 5.32 Å². The Hall–Kier alpha value is -1.64. The van der Waals surface area contributed by atoms with Gasteiger partial charge >= 0.3 is 0 Å². The van der Waals surface area contributed by atoms with E-state index in [1.807, 2.05) is 0 Å². The van der Waals surface area contributed by atoms with Crippen molar-refractivity contribution in [2.45, 2.75) is 12.1 Å². The van der Waals surface area contributed by atoms with Gasteiger partial charge in [0.1, 0.15) is 0 Å². The third kappa shape index (κ3) is 1.57. The Labute approximate surface area is 107 Å². The van der Waals surface area contributed by atoms with E-state index in [1.165, 1.54) is 22.3 Å². The highest BCUT2D eigenvalue weighted by molar-refractivity contribution is 5.78. The highest BCUT2D eigenvalue weighted by atomic mass is 16.6. The first kappa shape index (κ1) is 10.3. The second-order valence-corrected chi connectivity index (χ2v) is 4.97. The molecule has 4 rings (SSSR count). The number of hydrogen-bond acceptors (Lipinski definition) is 2. The monoisotopic (exact) mass is 237 g/mol. The van der Waals surface area contributed by atoms with Crippen LogP contribution in [0.15, 0.2) is 48.5 Å². The van der Waals surface area contributed by atoms with Crippen molar-refractivity contribution >= 4 is 0 Å². The van der Waals surface area contributed by atoms with E-state index in [1.54, 1.807) is 0 Å². The van der Waals surface area contributed by atoms with Crippen LogP contribution in [0.5, 0.6) is 0 Å². The zero-order valence-corrected chi connectivity index (χ0v) is 10.1. The fraction of sp³-hybridized carbons (Fsp3) is 0.250. The maximum Gasteiger partial charge on any atom is 0.0934 e. The number of rotatable bonds is 3. The van der Waals surface area contributed by atoms with Crippen molar-refractivity contribution in [2.75, 3.05) is 13.2 Å². The molecule has 2 nitrogen and oxygen atoms in total. The third-order valence-electron chi connectivity index (χ3n) is 3.79. The average Bonchev–Trinajstić information content (AvgIpc) is 3.20. The molecule has 1 atom stereocenters. The fourth-order valence-electron chi connectivity index (χ4n) is 2.81. The van der Waals surface area contributed by atoms with Crippen LogP contribution in [-0.2, 0) is 4.74 Å². The summed E-state index contributed by atoms with van der Waals surface area (Å²) in [5, 5.41) is 3.63. The Bertz CT molecular complexity index is 544. The molecule has 2 aliphatic rings. The molecule has 2 aromatic carbocycles. The van der Waals surface area contributed by atoms with E-state index < -0.39 is 0 Å². The Morgan fingerprint density at radius 3 is 2.06 bits per heavy atom. The van der Waals surface area contributed by atoms with Gasteiger partial charge in [-0.25, -0.2) is 0 Å². The lowest BCUT2D eigenvalue weighted by molar-refractivity contribution is 0.391. The van der Waals surface area contributed by atoms with Gasteiger partial charge in [0.25, 0.3) is 0 Å². The summed E-state index contributed by atoms with van der Waals surface area (Å²) in [5.74, 6) is 0. The van der Waals surface area contributed by atoms with Gasteiger partial charge in [-0.15, -0.1) is 0 Å². The van der Waals surface area contributed by atoms with Gasteiger partial charge in [0.15, 0.2) is 0 Å². The van der Waals surface area contributed by atoms with Crippen molar-refractivity contribution in [3.63, 3.8) is 0 Å². The van der Waals surface area contributed by atoms with Gasteiger partial charge in [0.05, 0.1) is 18.8 Å². The molecule has 1 heterocycles. The summed E-state index contributed by atoms with van der Waals surface area (Å²) in [6.07, 6.45) is 0.421. The molecule has 0 saturated carbocycles. The van der Waals surface area contributed by atoms with Gasteiger partial charge in [-0.2, -0.15) is 0 Å². The lowest BCUT2D eigenvalue weighted by Gasteiger charge is -2.14. The standard InChI is InChI=1S/C16H15NO/c1-3-7-14-12(5-1)13-6-2-4-8-15(13)16(14)17-9-11-10-18-11/h1-8,11,16-17H,9-10H2. The van der Waals surface area contributed by atoms with E-state index in [4.69, 9.17) is 4.74 Å². The number of epoxide rings is 1. The molecule has 0 bridgehead atoms. The quantitative estimate of drug-likeness (QED) is 0.830. The minimum absolute atomic E-state index is 0.321. The van der Waals surface area contributed by atoms with Crippen molar-refractivity contribution < 1.29 is 4.74 Å². The van der Waals surface area contributed by atoms with Gasteiger partial charge < -0.3 is 10.1 Å². The van der Waals surface area contributed by atoms with Crippen LogP contribution in [0.1, 0.15) is 17.2 Å². The van der Waals surface area contributed by atoms with Gasteiger partial charge in [0, 0.05) is 6.54 Å². The second kappa shape index (κ2) is 3.94. The van der Waals surface area contributed by atoms with E-state index >= 15 is 0 Å². The minimum atomic E-state index is 0.321. The van der Waals surface area contributed by atoms with Crippen LogP contribution in [0.4, 0.5) is 0 Å². The van der Waals surface area contributed by atoms with Crippen LogP contribution >= 0.6 is 0 Å². The molecule has 1 fully saturated rings. The predicted octanol–water partition coefficient (Wildman–Crippen LogP) is 2.74. The molecule has 0 amide bonds. The van der Waals surface area contributed by atoms with Crippen LogP contribution in [-0.4, -0.2) is 19.3 Å². The first-order chi connectivity index (χ1) is 8.93. The molecule has 1 aliphatic carbocycles. The molecule has 1 unspecified atom stereocenters. The molecule has 1 saturated heterocycles. The topological polar surface area (TPSA) is 24.6 Å². The van der Waals surface area contributed by atoms with Crippen LogP contribution in [0.2, 0.25) is 0 Å². The molecular formula is C16H15NO. The van der Waals surface area contributed by atoms with Crippen molar-refractivity contribution in [2.24, 2.45) is 0 Å². The summed E-state index contributed by atoms with van der Waals surface area (Å²) in [5.41, 5.74) is 5.50. The molecular weight excluding hydrogens is 222 g/mol. The zero-order chi connectivity index (χ0) is 11.9. The van der Waals surface area contributed by atoms with Crippen LogP contribution < -0.4 is 5.32 Å². The number of benzene rings is 2. The molecule has 0 spiro atoms. The smallest absolute Gasteiger partial charge is 0.0934 e. The largest absolute Gasteiger partial charge is 0.372 e. The lowest BCUT2D eigenvalue weighted by atomic mass is 10.1. The Morgan fingerprint density at radius 2 is 1.50 bits per heavy atom. The van der Waals surface area contributed by atoms with Gasteiger partial charge in [-0.05, 0) is 22.3 Å². The Balaban J connectivity index is 1.76. The van der Waals surface area contributed by atoms with Crippen LogP contribution in [0.3, 0.4) is 0 Å². The van der Waals surface area contributed by atoms with Crippen LogP contribution in [0.25, 0.3) is 11.1 Å². The Morgan fingerprint density at radius 1 is 0.944 bits per heavy atom. The van der Waals surface area contributed by atoms with Crippen molar-refractivity contribution in [3.8, 4) is 11.1 Å². The van der Waals surface area contributed by atoms with Gasteiger partial charge in [-0.1, -0.05) is 48.5 Å². The van der Waals surface area contributed by atoms with Crippen molar-refractivity contribution in [1.29, 1.82) is 0 Å². The fourth-order valence-corrected chi connectivity index (χ4v) is 2.81. The number of nitrogens with one attached hydrogen (secondary N) is 1. The average molecular weight is 237 g/mol. The van der Waals surface area contributed by atoms with E-state index in [0.29, 0.717) is 12.1 Å². The van der Waals surface area contributed by atoms with E-state index in [2.05, 4.69) is 53.8 Å². The summed E-state index contributed by atoms with van der Waals surface area (Å²) in [6, 6.07) is 17.7. The van der Waals surface area contributed by atoms with Gasteiger partial charge in [0.2, 0.25) is 0 Å². The predicted molar refractivity (Wildman–Crippen MR) is 71.5 cm³/mol. The normalized spacial score (nSPS) is 20.6. The summed E-state index contributed by atoms with van der Waals surface area (Å²) in [6.45, 7) is 1.84. The number of fused-ring (bicyclic) bond motifs is 3. The van der Waals surface area contributed by atoms with E-state index in [0.717, 1.165) is 13.2 Å². The maximum absolute atomic E-state index is 5.28. The Kier molecular flexibility index (Phi) is 2.25. The molecule has 90 valence electrons. The van der Waals surface area contributed by atoms with E-state index in [9.17, 15) is 0 Å².